The third-order valence-corrected chi connectivity index (χ3v) is 5.43. The third kappa shape index (κ3) is 4.35. The van der Waals surface area contributed by atoms with Crippen molar-refractivity contribution in [3.05, 3.63) is 53.2 Å². The summed E-state index contributed by atoms with van der Waals surface area (Å²) >= 11 is 0. The number of hydrogen-bond acceptors (Lipinski definition) is 4. The van der Waals surface area contributed by atoms with Crippen molar-refractivity contribution in [2.75, 3.05) is 18.4 Å². The van der Waals surface area contributed by atoms with Crippen molar-refractivity contribution in [1.29, 1.82) is 0 Å². The predicted molar refractivity (Wildman–Crippen MR) is 112 cm³/mol. The van der Waals surface area contributed by atoms with E-state index in [4.69, 9.17) is 0 Å². The van der Waals surface area contributed by atoms with Gasteiger partial charge < -0.3 is 10.2 Å². The first-order chi connectivity index (χ1) is 14.7. The summed E-state index contributed by atoms with van der Waals surface area (Å²) in [5.41, 5.74) is 0.223. The Morgan fingerprint density at radius 1 is 1.26 bits per heavy atom. The third-order valence-electron chi connectivity index (χ3n) is 5.43. The molecule has 0 unspecified atom stereocenters. The highest BCUT2D eigenvalue weighted by Crippen LogP contribution is 2.39. The lowest BCUT2D eigenvalue weighted by molar-refractivity contribution is -0.136. The molecule has 31 heavy (non-hydrogen) atoms. The molecule has 1 amide bonds. The highest BCUT2D eigenvalue weighted by Gasteiger charge is 2.37. The summed E-state index contributed by atoms with van der Waals surface area (Å²) in [6.45, 7) is 4.56. The Hall–Kier alpha value is -3.10. The monoisotopic (exact) mass is 431 g/mol. The van der Waals surface area contributed by atoms with Crippen molar-refractivity contribution < 1.29 is 18.0 Å². The topological polar surface area (TPSA) is 73.9 Å². The highest BCUT2D eigenvalue weighted by atomic mass is 19.4. The lowest BCUT2D eigenvalue weighted by Crippen LogP contribution is -2.39. The standard InChI is InChI=1S/C22H24F3N5O/c1-13(2)26-19-18-16(22(23,24)25)11-17(27-20(18)29-28-19)15-9-6-10-30(12-15)21(31)14-7-4-3-5-8-14/h3-5,7-8,11,13,15H,6,9-10,12H2,1-2H3,(H2,26,27,28,29)/t15-/m0/s1. The van der Waals surface area contributed by atoms with Crippen molar-refractivity contribution >= 4 is 22.8 Å². The van der Waals surface area contributed by atoms with E-state index in [2.05, 4.69) is 20.5 Å². The Kier molecular flexibility index (Phi) is 5.60. The molecule has 1 aliphatic rings. The van der Waals surface area contributed by atoms with Crippen molar-refractivity contribution in [1.82, 2.24) is 20.1 Å². The molecule has 1 aliphatic heterocycles. The van der Waals surface area contributed by atoms with E-state index in [9.17, 15) is 18.0 Å². The second-order valence-electron chi connectivity index (χ2n) is 8.14. The summed E-state index contributed by atoms with van der Waals surface area (Å²) in [4.78, 5) is 19.0. The van der Waals surface area contributed by atoms with E-state index in [0.717, 1.165) is 6.07 Å². The van der Waals surface area contributed by atoms with Gasteiger partial charge in [-0.1, -0.05) is 18.2 Å². The van der Waals surface area contributed by atoms with Gasteiger partial charge >= 0.3 is 6.18 Å². The minimum Gasteiger partial charge on any atom is -0.366 e. The van der Waals surface area contributed by atoms with Gasteiger partial charge in [-0.3, -0.25) is 9.89 Å². The fourth-order valence-corrected chi connectivity index (χ4v) is 4.03. The second kappa shape index (κ2) is 8.20. The van der Waals surface area contributed by atoms with E-state index in [1.54, 1.807) is 29.2 Å². The number of aromatic nitrogens is 3. The van der Waals surface area contributed by atoms with Crippen LogP contribution in [0.2, 0.25) is 0 Å². The smallest absolute Gasteiger partial charge is 0.366 e. The molecule has 0 aliphatic carbocycles. The minimum absolute atomic E-state index is 0.0574. The van der Waals surface area contributed by atoms with Crippen LogP contribution < -0.4 is 5.32 Å². The maximum Gasteiger partial charge on any atom is 0.417 e. The van der Waals surface area contributed by atoms with Crippen LogP contribution in [0.15, 0.2) is 36.4 Å². The molecule has 1 saturated heterocycles. The number of rotatable bonds is 4. The van der Waals surface area contributed by atoms with Crippen LogP contribution in [-0.4, -0.2) is 45.1 Å². The number of nitrogens with zero attached hydrogens (tertiary/aromatic N) is 3. The van der Waals surface area contributed by atoms with Gasteiger partial charge in [0.1, 0.15) is 0 Å². The Bertz CT molecular complexity index is 1080. The first-order valence-corrected chi connectivity index (χ1v) is 10.3. The summed E-state index contributed by atoms with van der Waals surface area (Å²) in [5, 5.41) is 9.54. The minimum atomic E-state index is -4.55. The maximum absolute atomic E-state index is 13.9. The van der Waals surface area contributed by atoms with Gasteiger partial charge in [-0.15, -0.1) is 0 Å². The van der Waals surface area contributed by atoms with Gasteiger partial charge in [0.15, 0.2) is 11.5 Å². The summed E-state index contributed by atoms with van der Waals surface area (Å²) in [7, 11) is 0. The lowest BCUT2D eigenvalue weighted by Gasteiger charge is -2.33. The van der Waals surface area contributed by atoms with Crippen molar-refractivity contribution in [3.63, 3.8) is 0 Å². The second-order valence-corrected chi connectivity index (χ2v) is 8.14. The van der Waals surface area contributed by atoms with Gasteiger partial charge in [0, 0.05) is 36.3 Å². The number of piperidine rings is 1. The van der Waals surface area contributed by atoms with Gasteiger partial charge in [0.25, 0.3) is 5.91 Å². The zero-order valence-corrected chi connectivity index (χ0v) is 17.3. The number of likely N-dealkylation sites (tertiary alicyclic amines) is 1. The quantitative estimate of drug-likeness (QED) is 0.621. The number of anilines is 1. The first kappa shape index (κ1) is 21.1. The number of nitrogens with one attached hydrogen (secondary N) is 2. The molecule has 2 N–H and O–H groups in total. The van der Waals surface area contributed by atoms with Crippen LogP contribution in [-0.2, 0) is 6.18 Å². The van der Waals surface area contributed by atoms with Gasteiger partial charge in [0.05, 0.1) is 10.9 Å². The van der Waals surface area contributed by atoms with E-state index in [1.165, 1.54) is 0 Å². The summed E-state index contributed by atoms with van der Waals surface area (Å²) in [5.74, 6) is -0.259. The Morgan fingerprint density at radius 2 is 2.00 bits per heavy atom. The predicted octanol–water partition coefficient (Wildman–Crippen LogP) is 4.82. The molecule has 1 fully saturated rings. The normalized spacial score (nSPS) is 17.4. The number of pyridine rings is 1. The SMILES string of the molecule is CC(C)Nc1n[nH]c2nc([C@H]3CCCN(C(=O)c4ccccc4)C3)cc(C(F)(F)F)c12. The first-order valence-electron chi connectivity index (χ1n) is 10.3. The molecule has 1 atom stereocenters. The van der Waals surface area contributed by atoms with Gasteiger partial charge in [-0.05, 0) is 44.9 Å². The van der Waals surface area contributed by atoms with E-state index < -0.39 is 11.7 Å². The Balaban J connectivity index is 1.68. The van der Waals surface area contributed by atoms with Crippen molar-refractivity contribution in [3.8, 4) is 0 Å². The molecule has 1 aromatic carbocycles. The molecular formula is C22H24F3N5O. The number of halogens is 3. The molecule has 9 heteroatoms. The number of alkyl halides is 3. The molecule has 6 nitrogen and oxygen atoms in total. The largest absolute Gasteiger partial charge is 0.417 e. The van der Waals surface area contributed by atoms with Crippen LogP contribution in [0.5, 0.6) is 0 Å². The summed E-state index contributed by atoms with van der Waals surface area (Å²) < 4.78 is 41.8. The molecule has 3 aromatic rings. The fourth-order valence-electron chi connectivity index (χ4n) is 4.03. The van der Waals surface area contributed by atoms with Gasteiger partial charge in [-0.2, -0.15) is 18.3 Å². The lowest BCUT2D eigenvalue weighted by atomic mass is 9.92. The molecule has 4 rings (SSSR count). The van der Waals surface area contributed by atoms with Gasteiger partial charge in [0.2, 0.25) is 0 Å². The Morgan fingerprint density at radius 3 is 2.68 bits per heavy atom. The van der Waals surface area contributed by atoms with Gasteiger partial charge in [-0.25, -0.2) is 4.98 Å². The fraction of sp³-hybridized carbons (Fsp3) is 0.409. The van der Waals surface area contributed by atoms with Crippen LogP contribution in [0.3, 0.4) is 0 Å². The van der Waals surface area contributed by atoms with Crippen LogP contribution in [0, 0.1) is 0 Å². The number of carbonyl (C=O) groups excluding carboxylic acids is 1. The molecule has 0 spiro atoms. The zero-order valence-electron chi connectivity index (χ0n) is 17.3. The average Bonchev–Trinajstić information content (AvgIpc) is 3.14. The van der Waals surface area contributed by atoms with E-state index in [0.29, 0.717) is 37.2 Å². The number of aromatic amines is 1. The molecular weight excluding hydrogens is 407 g/mol. The number of carbonyl (C=O) groups is 1. The number of H-pyrrole nitrogens is 1. The molecule has 0 saturated carbocycles. The summed E-state index contributed by atoms with van der Waals surface area (Å²) in [6.07, 6.45) is -3.19. The number of amides is 1. The number of fused-ring (bicyclic) bond motifs is 1. The molecule has 3 heterocycles. The molecule has 164 valence electrons. The maximum atomic E-state index is 13.9. The molecule has 0 radical (unpaired) electrons. The van der Waals surface area contributed by atoms with Crippen LogP contribution >= 0.6 is 0 Å². The van der Waals surface area contributed by atoms with Crippen molar-refractivity contribution in [2.24, 2.45) is 0 Å². The molecule has 2 aromatic heterocycles. The van der Waals surface area contributed by atoms with Crippen LogP contribution in [0.4, 0.5) is 19.0 Å². The average molecular weight is 431 g/mol. The Labute approximate surface area is 177 Å². The zero-order chi connectivity index (χ0) is 22.2. The highest BCUT2D eigenvalue weighted by molar-refractivity contribution is 5.94. The van der Waals surface area contributed by atoms with E-state index in [-0.39, 0.29) is 34.7 Å². The van der Waals surface area contributed by atoms with Crippen LogP contribution in [0.1, 0.15) is 54.2 Å². The number of hydrogen-bond donors (Lipinski definition) is 2. The van der Waals surface area contributed by atoms with E-state index >= 15 is 0 Å². The van der Waals surface area contributed by atoms with E-state index in [1.807, 2.05) is 19.9 Å². The number of benzene rings is 1. The van der Waals surface area contributed by atoms with Crippen LogP contribution in [0.25, 0.3) is 11.0 Å². The molecule has 0 bridgehead atoms. The summed E-state index contributed by atoms with van der Waals surface area (Å²) in [6, 6.07) is 9.94. The van der Waals surface area contributed by atoms with Crippen molar-refractivity contribution in [2.45, 2.75) is 44.8 Å².